The molecule has 43 heavy (non-hydrogen) atoms. The Morgan fingerprint density at radius 1 is 1.00 bits per heavy atom. The Kier molecular flexibility index (Phi) is 8.45. The molecule has 0 atom stereocenters. The van der Waals surface area contributed by atoms with E-state index in [1.807, 2.05) is 61.8 Å². The van der Waals surface area contributed by atoms with E-state index in [9.17, 15) is 9.59 Å². The van der Waals surface area contributed by atoms with Crippen LogP contribution in [0.3, 0.4) is 0 Å². The molecule has 230 valence electrons. The zero-order chi connectivity index (χ0) is 30.1. The number of fused-ring (bicyclic) bond motifs is 1. The first-order valence-electron chi connectivity index (χ1n) is 16.0. The Hall–Kier alpha value is -3.46. The fourth-order valence-electron chi connectivity index (χ4n) is 6.38. The van der Waals surface area contributed by atoms with Gasteiger partial charge in [-0.25, -0.2) is 14.8 Å². The van der Waals surface area contributed by atoms with Crippen LogP contribution >= 0.6 is 0 Å². The lowest BCUT2D eigenvalue weighted by Crippen LogP contribution is -2.41. The van der Waals surface area contributed by atoms with Crippen molar-refractivity contribution in [2.24, 2.45) is 11.8 Å². The maximum atomic E-state index is 13.8. The van der Waals surface area contributed by atoms with Gasteiger partial charge in [0.2, 0.25) is 0 Å². The fourth-order valence-corrected chi connectivity index (χ4v) is 6.38. The van der Waals surface area contributed by atoms with Crippen LogP contribution in [0.25, 0.3) is 16.9 Å². The zero-order valence-corrected chi connectivity index (χ0v) is 26.1. The van der Waals surface area contributed by atoms with Crippen LogP contribution in [0.5, 0.6) is 0 Å². The van der Waals surface area contributed by atoms with Crippen molar-refractivity contribution in [1.29, 1.82) is 0 Å². The van der Waals surface area contributed by atoms with Gasteiger partial charge in [0.25, 0.3) is 0 Å². The summed E-state index contributed by atoms with van der Waals surface area (Å²) in [7, 11) is 2.06. The van der Waals surface area contributed by atoms with E-state index >= 15 is 0 Å². The average Bonchev–Trinajstić information content (AvgIpc) is 3.77. The van der Waals surface area contributed by atoms with Gasteiger partial charge in [-0.1, -0.05) is 43.5 Å². The number of carbonyl (C=O) groups is 2. The normalized spacial score (nSPS) is 18.5. The predicted molar refractivity (Wildman–Crippen MR) is 168 cm³/mol. The van der Waals surface area contributed by atoms with Gasteiger partial charge in [-0.3, -0.25) is 14.1 Å². The number of aromatic nitrogens is 3. The summed E-state index contributed by atoms with van der Waals surface area (Å²) in [5.41, 5.74) is 2.69. The summed E-state index contributed by atoms with van der Waals surface area (Å²) in [4.78, 5) is 40.4. The van der Waals surface area contributed by atoms with Crippen LogP contribution in [0.1, 0.15) is 88.9 Å². The van der Waals surface area contributed by atoms with Gasteiger partial charge in [0.15, 0.2) is 23.1 Å². The van der Waals surface area contributed by atoms with Gasteiger partial charge in [-0.05, 0) is 65.2 Å². The maximum absolute atomic E-state index is 13.8. The number of ether oxygens (including phenoxy) is 2. The third kappa shape index (κ3) is 6.71. The van der Waals surface area contributed by atoms with E-state index < -0.39 is 5.60 Å². The Bertz CT molecular complexity index is 1440. The van der Waals surface area contributed by atoms with Crippen LogP contribution < -0.4 is 9.80 Å². The van der Waals surface area contributed by atoms with E-state index in [1.165, 1.54) is 19.3 Å². The topological polar surface area (TPSA) is 89.3 Å². The first-order chi connectivity index (χ1) is 20.7. The molecule has 0 radical (unpaired) electrons. The van der Waals surface area contributed by atoms with Crippen LogP contribution in [0.2, 0.25) is 0 Å². The Morgan fingerprint density at radius 2 is 1.70 bits per heavy atom. The molecule has 0 spiro atoms. The monoisotopic (exact) mass is 587 g/mol. The van der Waals surface area contributed by atoms with Crippen molar-refractivity contribution in [2.75, 3.05) is 36.6 Å². The molecule has 0 bridgehead atoms. The van der Waals surface area contributed by atoms with Crippen LogP contribution in [0.4, 0.5) is 16.4 Å². The number of carbonyl (C=O) groups excluding carboxylic acids is 2. The van der Waals surface area contributed by atoms with Gasteiger partial charge in [0.1, 0.15) is 5.60 Å². The van der Waals surface area contributed by atoms with E-state index in [-0.39, 0.29) is 23.8 Å². The lowest BCUT2D eigenvalue weighted by molar-refractivity contribution is 0.0570. The lowest BCUT2D eigenvalue weighted by Gasteiger charge is -2.34. The molecule has 2 aliphatic carbocycles. The molecule has 0 N–H and O–H groups in total. The molecule has 2 saturated carbocycles. The molecule has 1 aromatic carbocycles. The quantitative estimate of drug-likeness (QED) is 0.264. The summed E-state index contributed by atoms with van der Waals surface area (Å²) in [6, 6.07) is 8.08. The second-order valence-corrected chi connectivity index (χ2v) is 13.5. The van der Waals surface area contributed by atoms with E-state index in [4.69, 9.17) is 19.4 Å². The van der Waals surface area contributed by atoms with Crippen molar-refractivity contribution in [2.45, 2.75) is 90.2 Å². The van der Waals surface area contributed by atoms with Gasteiger partial charge < -0.3 is 14.4 Å². The minimum absolute atomic E-state index is 0.182. The highest BCUT2D eigenvalue weighted by atomic mass is 16.6. The largest absolute Gasteiger partial charge is 0.443 e. The van der Waals surface area contributed by atoms with E-state index in [0.717, 1.165) is 66.8 Å². The zero-order valence-electron chi connectivity index (χ0n) is 26.1. The van der Waals surface area contributed by atoms with Crippen LogP contribution in [-0.2, 0) is 9.47 Å². The summed E-state index contributed by atoms with van der Waals surface area (Å²) in [6.45, 7) is 7.68. The molecule has 3 aliphatic rings. The van der Waals surface area contributed by atoms with Crippen LogP contribution in [0, 0.1) is 11.8 Å². The summed E-state index contributed by atoms with van der Waals surface area (Å²) in [6.07, 6.45) is 13.0. The highest BCUT2D eigenvalue weighted by Crippen LogP contribution is 2.35. The minimum atomic E-state index is -0.631. The van der Waals surface area contributed by atoms with E-state index in [2.05, 4.69) is 11.9 Å². The number of Topliss-reactive ketones (excluding diaryl/α,β-unsaturated/α-hetero) is 1. The summed E-state index contributed by atoms with van der Waals surface area (Å²) in [5, 5.41) is 0. The molecule has 1 saturated heterocycles. The van der Waals surface area contributed by atoms with Gasteiger partial charge >= 0.3 is 6.09 Å². The Balaban J connectivity index is 1.44. The van der Waals surface area contributed by atoms with Gasteiger partial charge in [0.05, 0.1) is 18.1 Å². The number of rotatable bonds is 8. The SMILES string of the molecule is CN(c1nc(N(CC2CCCCC2)C(=O)OC(C)(C)C)cn2c(-c3ccc(C(=O)C4CC4)cc3)cnc12)C1CCOCC1. The Labute approximate surface area is 254 Å². The second-order valence-electron chi connectivity index (χ2n) is 13.5. The third-order valence-electron chi connectivity index (χ3n) is 9.00. The number of anilines is 2. The molecule has 9 nitrogen and oxygen atoms in total. The number of imidazole rings is 1. The molecule has 0 unspecified atom stereocenters. The minimum Gasteiger partial charge on any atom is -0.443 e. The number of benzene rings is 1. The summed E-state index contributed by atoms with van der Waals surface area (Å²) < 4.78 is 13.6. The number of amides is 1. The molecule has 1 amide bonds. The molecule has 3 aromatic rings. The van der Waals surface area contributed by atoms with Gasteiger partial charge in [-0.2, -0.15) is 0 Å². The second kappa shape index (κ2) is 12.3. The van der Waals surface area contributed by atoms with Crippen LogP contribution in [0.15, 0.2) is 36.7 Å². The molecule has 9 heteroatoms. The number of ketones is 1. The molecular weight excluding hydrogens is 542 g/mol. The number of hydrogen-bond acceptors (Lipinski definition) is 7. The first-order valence-corrected chi connectivity index (χ1v) is 16.0. The standard InChI is InChI=1S/C34H45N5O4/c1-34(2,3)43-33(41)39(21-23-8-6-5-7-9-23)29-22-38-28(24-10-12-25(13-11-24)30(40)26-14-15-26)20-35-31(38)32(36-29)37(4)27-16-18-42-19-17-27/h10-13,20,22-23,26-27H,5-9,14-19,21H2,1-4H3. The fraction of sp³-hybridized carbons (Fsp3) is 0.588. The highest BCUT2D eigenvalue weighted by molar-refractivity contribution is 5.99. The molecule has 2 aromatic heterocycles. The number of hydrogen-bond donors (Lipinski definition) is 0. The molecule has 3 fully saturated rings. The van der Waals surface area contributed by atoms with E-state index in [0.29, 0.717) is 31.5 Å². The summed E-state index contributed by atoms with van der Waals surface area (Å²) in [5.74, 6) is 2.09. The van der Waals surface area contributed by atoms with Gasteiger partial charge in [0, 0.05) is 49.9 Å². The number of nitrogens with zero attached hydrogens (tertiary/aromatic N) is 5. The van der Waals surface area contributed by atoms with Crippen molar-refractivity contribution in [1.82, 2.24) is 14.4 Å². The molecule has 6 rings (SSSR count). The highest BCUT2D eigenvalue weighted by Gasteiger charge is 2.32. The molecule has 1 aliphatic heterocycles. The van der Waals surface area contributed by atoms with Crippen LogP contribution in [-0.4, -0.2) is 64.7 Å². The first kappa shape index (κ1) is 29.6. The van der Waals surface area contributed by atoms with Crippen molar-refractivity contribution >= 4 is 29.2 Å². The molecular formula is C34H45N5O4. The third-order valence-corrected chi connectivity index (χ3v) is 9.00. The van der Waals surface area contributed by atoms with Gasteiger partial charge in [-0.15, -0.1) is 0 Å². The van der Waals surface area contributed by atoms with Crippen molar-refractivity contribution in [3.8, 4) is 11.3 Å². The summed E-state index contributed by atoms with van der Waals surface area (Å²) >= 11 is 0. The van der Waals surface area contributed by atoms with Crippen molar-refractivity contribution in [3.63, 3.8) is 0 Å². The Morgan fingerprint density at radius 3 is 2.35 bits per heavy atom. The lowest BCUT2D eigenvalue weighted by atomic mass is 9.89. The molecule has 3 heterocycles. The van der Waals surface area contributed by atoms with E-state index in [1.54, 1.807) is 4.90 Å². The maximum Gasteiger partial charge on any atom is 0.416 e. The smallest absolute Gasteiger partial charge is 0.416 e. The van der Waals surface area contributed by atoms with Crippen molar-refractivity contribution < 1.29 is 19.1 Å². The van der Waals surface area contributed by atoms with Crippen molar-refractivity contribution in [3.05, 3.63) is 42.2 Å². The average molecular weight is 588 g/mol. The predicted octanol–water partition coefficient (Wildman–Crippen LogP) is 6.93.